The second-order valence-electron chi connectivity index (χ2n) is 4.09. The van der Waals surface area contributed by atoms with Crippen molar-refractivity contribution in [2.24, 2.45) is 0 Å². The Morgan fingerprint density at radius 1 is 1.53 bits per heavy atom. The lowest BCUT2D eigenvalue weighted by Crippen LogP contribution is -2.45. The lowest BCUT2D eigenvalue weighted by atomic mass is 10.2. The van der Waals surface area contributed by atoms with Crippen LogP contribution < -0.4 is 16.4 Å². The van der Waals surface area contributed by atoms with Crippen molar-refractivity contribution in [1.82, 2.24) is 20.8 Å². The van der Waals surface area contributed by atoms with Gasteiger partial charge in [0.1, 0.15) is 11.6 Å². The van der Waals surface area contributed by atoms with Crippen LogP contribution in [-0.4, -0.2) is 48.3 Å². The summed E-state index contributed by atoms with van der Waals surface area (Å²) in [6, 6.07) is -0.668. The molecule has 5 N–H and O–H groups in total. The van der Waals surface area contributed by atoms with Crippen molar-refractivity contribution in [1.29, 1.82) is 0 Å². The molecule has 106 valence electrons. The van der Waals surface area contributed by atoms with Crippen LogP contribution in [0.1, 0.15) is 23.0 Å². The number of rotatable bonds is 6. The van der Waals surface area contributed by atoms with E-state index in [0.29, 0.717) is 18.8 Å². The van der Waals surface area contributed by atoms with Crippen LogP contribution in [0.2, 0.25) is 0 Å². The molecule has 0 saturated carbocycles. The molecule has 1 heterocycles. The molecule has 0 aliphatic carbocycles. The number of anilines is 1. The number of hydrogen-bond acceptors (Lipinski definition) is 5. The SMILES string of the molecule is COCCNC(=O)C(C)NC(=O)c1c(N)n[nH]c1C. The fourth-order valence-corrected chi connectivity index (χ4v) is 1.50. The Hall–Kier alpha value is -2.09. The first-order valence-corrected chi connectivity index (χ1v) is 5.85. The highest BCUT2D eigenvalue weighted by atomic mass is 16.5. The predicted octanol–water partition coefficient (Wildman–Crippen LogP) is -0.819. The summed E-state index contributed by atoms with van der Waals surface area (Å²) in [5, 5.41) is 11.5. The summed E-state index contributed by atoms with van der Waals surface area (Å²) >= 11 is 0. The number of carbonyl (C=O) groups excluding carboxylic acids is 2. The van der Waals surface area contributed by atoms with Crippen molar-refractivity contribution in [3.05, 3.63) is 11.3 Å². The monoisotopic (exact) mass is 269 g/mol. The number of nitrogen functional groups attached to an aromatic ring is 1. The predicted molar refractivity (Wildman–Crippen MR) is 69.6 cm³/mol. The standard InChI is InChI=1S/C11H19N5O3/c1-6-8(9(12)16-15-6)11(18)14-7(2)10(17)13-4-5-19-3/h7H,4-5H2,1-3H3,(H,13,17)(H,14,18)(H3,12,15,16). The summed E-state index contributed by atoms with van der Waals surface area (Å²) in [5.74, 6) is -0.606. The molecule has 1 unspecified atom stereocenters. The second-order valence-corrected chi connectivity index (χ2v) is 4.09. The average molecular weight is 269 g/mol. The number of aromatic nitrogens is 2. The van der Waals surface area contributed by atoms with Crippen molar-refractivity contribution in [2.45, 2.75) is 19.9 Å². The molecule has 1 rings (SSSR count). The van der Waals surface area contributed by atoms with Gasteiger partial charge < -0.3 is 21.1 Å². The summed E-state index contributed by atoms with van der Waals surface area (Å²) in [6.45, 7) is 4.08. The van der Waals surface area contributed by atoms with Crippen LogP contribution in [0.5, 0.6) is 0 Å². The number of ether oxygens (including phenoxy) is 1. The zero-order valence-electron chi connectivity index (χ0n) is 11.2. The van der Waals surface area contributed by atoms with Crippen molar-refractivity contribution in [3.8, 4) is 0 Å². The fourth-order valence-electron chi connectivity index (χ4n) is 1.50. The highest BCUT2D eigenvalue weighted by Crippen LogP contribution is 2.11. The van der Waals surface area contributed by atoms with Gasteiger partial charge in [-0.1, -0.05) is 0 Å². The van der Waals surface area contributed by atoms with Crippen LogP contribution in [0.3, 0.4) is 0 Å². The van der Waals surface area contributed by atoms with Gasteiger partial charge in [-0.25, -0.2) is 0 Å². The Balaban J connectivity index is 2.55. The van der Waals surface area contributed by atoms with Crippen LogP contribution in [0.4, 0.5) is 5.82 Å². The van der Waals surface area contributed by atoms with Crippen LogP contribution in [0, 0.1) is 6.92 Å². The molecule has 0 radical (unpaired) electrons. The van der Waals surface area contributed by atoms with Crippen molar-refractivity contribution >= 4 is 17.6 Å². The number of aromatic amines is 1. The van der Waals surface area contributed by atoms with Crippen LogP contribution in [-0.2, 0) is 9.53 Å². The average Bonchev–Trinajstić information content (AvgIpc) is 2.69. The van der Waals surface area contributed by atoms with Crippen LogP contribution in [0.25, 0.3) is 0 Å². The van der Waals surface area contributed by atoms with E-state index in [2.05, 4.69) is 20.8 Å². The van der Waals surface area contributed by atoms with Gasteiger partial charge in [0.25, 0.3) is 5.91 Å². The quantitative estimate of drug-likeness (QED) is 0.503. The van der Waals surface area contributed by atoms with E-state index in [1.807, 2.05) is 0 Å². The van der Waals surface area contributed by atoms with Crippen molar-refractivity contribution < 1.29 is 14.3 Å². The molecule has 8 nitrogen and oxygen atoms in total. The number of carbonyl (C=O) groups is 2. The Labute approximate surface area is 111 Å². The molecule has 0 aromatic carbocycles. The zero-order valence-corrected chi connectivity index (χ0v) is 11.2. The number of methoxy groups -OCH3 is 1. The zero-order chi connectivity index (χ0) is 14.4. The summed E-state index contributed by atoms with van der Waals surface area (Å²) in [5.41, 5.74) is 6.39. The highest BCUT2D eigenvalue weighted by Gasteiger charge is 2.20. The topological polar surface area (TPSA) is 122 Å². The minimum atomic E-state index is -0.668. The second kappa shape index (κ2) is 6.74. The summed E-state index contributed by atoms with van der Waals surface area (Å²) < 4.78 is 4.81. The third-order valence-corrected chi connectivity index (χ3v) is 2.55. The molecule has 1 aromatic heterocycles. The maximum Gasteiger partial charge on any atom is 0.257 e. The molecule has 0 saturated heterocycles. The van der Waals surface area contributed by atoms with Crippen molar-refractivity contribution in [2.75, 3.05) is 26.0 Å². The molecule has 0 bridgehead atoms. The Morgan fingerprint density at radius 2 is 2.21 bits per heavy atom. The van der Waals surface area contributed by atoms with Gasteiger partial charge in [-0.3, -0.25) is 14.7 Å². The fraction of sp³-hybridized carbons (Fsp3) is 0.545. The number of nitrogens with two attached hydrogens (primary N) is 1. The lowest BCUT2D eigenvalue weighted by molar-refractivity contribution is -0.122. The highest BCUT2D eigenvalue weighted by molar-refractivity contribution is 6.01. The van der Waals surface area contributed by atoms with Crippen LogP contribution in [0.15, 0.2) is 0 Å². The first kappa shape index (κ1) is 15.0. The third-order valence-electron chi connectivity index (χ3n) is 2.55. The number of aryl methyl sites for hydroxylation is 1. The molecule has 0 aliphatic heterocycles. The van der Waals surface area contributed by atoms with Gasteiger partial charge in [0, 0.05) is 19.3 Å². The Morgan fingerprint density at radius 3 is 2.74 bits per heavy atom. The lowest BCUT2D eigenvalue weighted by Gasteiger charge is -2.13. The van der Waals surface area contributed by atoms with Gasteiger partial charge in [0.2, 0.25) is 5.91 Å². The smallest absolute Gasteiger partial charge is 0.257 e. The van der Waals surface area contributed by atoms with Gasteiger partial charge in [-0.05, 0) is 13.8 Å². The molecule has 1 aromatic rings. The first-order valence-electron chi connectivity index (χ1n) is 5.85. The van der Waals surface area contributed by atoms with Gasteiger partial charge in [-0.2, -0.15) is 5.10 Å². The number of hydrogen-bond donors (Lipinski definition) is 4. The molecule has 0 aliphatic rings. The van der Waals surface area contributed by atoms with Gasteiger partial charge in [-0.15, -0.1) is 0 Å². The maximum absolute atomic E-state index is 11.9. The van der Waals surface area contributed by atoms with Crippen LogP contribution >= 0.6 is 0 Å². The van der Waals surface area contributed by atoms with E-state index in [1.165, 1.54) is 0 Å². The molecule has 8 heteroatoms. The minimum absolute atomic E-state index is 0.113. The minimum Gasteiger partial charge on any atom is -0.383 e. The van der Waals surface area contributed by atoms with Gasteiger partial charge in [0.05, 0.1) is 6.61 Å². The first-order chi connectivity index (χ1) is 8.97. The number of nitrogens with one attached hydrogen (secondary N) is 3. The molecule has 2 amide bonds. The third kappa shape index (κ3) is 3.95. The van der Waals surface area contributed by atoms with E-state index < -0.39 is 11.9 Å². The molecule has 19 heavy (non-hydrogen) atoms. The van der Waals surface area contributed by atoms with E-state index in [1.54, 1.807) is 21.0 Å². The maximum atomic E-state index is 11.9. The van der Waals surface area contributed by atoms with E-state index in [-0.39, 0.29) is 17.3 Å². The van der Waals surface area contributed by atoms with E-state index in [0.717, 1.165) is 0 Å². The van der Waals surface area contributed by atoms with E-state index >= 15 is 0 Å². The molecular weight excluding hydrogens is 250 g/mol. The largest absolute Gasteiger partial charge is 0.383 e. The summed E-state index contributed by atoms with van der Waals surface area (Å²) in [4.78, 5) is 23.6. The van der Waals surface area contributed by atoms with Gasteiger partial charge in [0.15, 0.2) is 5.82 Å². The number of H-pyrrole nitrogens is 1. The molecule has 1 atom stereocenters. The summed E-state index contributed by atoms with van der Waals surface area (Å²) in [7, 11) is 1.54. The molecular formula is C11H19N5O3. The molecule has 0 spiro atoms. The Bertz CT molecular complexity index is 438. The van der Waals surface area contributed by atoms with E-state index in [9.17, 15) is 9.59 Å². The van der Waals surface area contributed by atoms with Crippen molar-refractivity contribution in [3.63, 3.8) is 0 Å². The normalized spacial score (nSPS) is 11.9. The number of amides is 2. The Kier molecular flexibility index (Phi) is 5.31. The summed E-state index contributed by atoms with van der Waals surface area (Å²) in [6.07, 6.45) is 0. The molecule has 0 fully saturated rings. The number of nitrogens with zero attached hydrogens (tertiary/aromatic N) is 1. The van der Waals surface area contributed by atoms with Gasteiger partial charge >= 0.3 is 0 Å². The van der Waals surface area contributed by atoms with E-state index in [4.69, 9.17) is 10.5 Å².